The molecule has 2 heterocycles. The highest BCUT2D eigenvalue weighted by Gasteiger charge is 2.30. The van der Waals surface area contributed by atoms with Crippen LogP contribution in [-0.4, -0.2) is 51.7 Å². The van der Waals surface area contributed by atoms with Gasteiger partial charge < -0.3 is 9.64 Å². The largest absolute Gasteiger partial charge is 0.471 e. The highest BCUT2D eigenvalue weighted by molar-refractivity contribution is 5.92. The van der Waals surface area contributed by atoms with Crippen LogP contribution < -0.4 is 4.74 Å². The molecule has 0 saturated carbocycles. The van der Waals surface area contributed by atoms with Crippen LogP contribution >= 0.6 is 0 Å². The Kier molecular flexibility index (Phi) is 6.92. The number of nitrogens with zero attached hydrogens (tertiary/aromatic N) is 4. The molecule has 0 N–H and O–H groups in total. The average molecular weight is 473 g/mol. The first kappa shape index (κ1) is 23.8. The molecule has 1 aliphatic rings. The molecule has 4 rings (SSSR count). The molecular weight excluding hydrogens is 445 g/mol. The Morgan fingerprint density at radius 2 is 1.79 bits per heavy atom. The molecule has 0 bridgehead atoms. The monoisotopic (exact) mass is 472 g/mol. The molecule has 3 aromatic rings. The number of aryl methyl sites for hydroxylation is 2. The van der Waals surface area contributed by atoms with E-state index in [0.717, 1.165) is 22.9 Å². The van der Waals surface area contributed by atoms with Crippen LogP contribution in [0.3, 0.4) is 0 Å². The summed E-state index contributed by atoms with van der Waals surface area (Å²) < 4.78 is 46.2. The lowest BCUT2D eigenvalue weighted by Crippen LogP contribution is -2.48. The lowest BCUT2D eigenvalue weighted by Gasteiger charge is -2.34. The fourth-order valence-corrected chi connectivity index (χ4v) is 4.02. The normalized spacial score (nSPS) is 14.9. The Hall–Kier alpha value is -3.33. The maximum atomic E-state index is 12.9. The Labute approximate surface area is 196 Å². The zero-order chi connectivity index (χ0) is 24.3. The van der Waals surface area contributed by atoms with Gasteiger partial charge in [-0.3, -0.25) is 9.69 Å². The third-order valence-electron chi connectivity index (χ3n) is 5.86. The Morgan fingerprint density at radius 3 is 2.50 bits per heavy atom. The predicted octanol–water partition coefficient (Wildman–Crippen LogP) is 4.51. The highest BCUT2D eigenvalue weighted by Crippen LogP contribution is 2.29. The van der Waals surface area contributed by atoms with E-state index < -0.39 is 11.7 Å². The molecule has 0 atom stereocenters. The SMILES string of the molecule is Cc1ccc(OCn2ccc(C(=O)N3CCN(Cc4cccc(C(F)(F)F)c4)CC3)n2)c(C)c1. The molecule has 0 radical (unpaired) electrons. The minimum atomic E-state index is -4.35. The fourth-order valence-electron chi connectivity index (χ4n) is 4.02. The molecule has 0 aliphatic carbocycles. The molecule has 180 valence electrons. The second-order valence-electron chi connectivity index (χ2n) is 8.55. The maximum absolute atomic E-state index is 12.9. The molecular formula is C25H27F3N4O2. The van der Waals surface area contributed by atoms with E-state index in [0.29, 0.717) is 44.0 Å². The van der Waals surface area contributed by atoms with E-state index in [2.05, 4.69) is 10.00 Å². The number of carbonyl (C=O) groups excluding carboxylic acids is 1. The van der Waals surface area contributed by atoms with Crippen molar-refractivity contribution in [3.63, 3.8) is 0 Å². The summed E-state index contributed by atoms with van der Waals surface area (Å²) in [5.41, 5.74) is 2.50. The molecule has 1 aliphatic heterocycles. The Morgan fingerprint density at radius 1 is 1.03 bits per heavy atom. The summed E-state index contributed by atoms with van der Waals surface area (Å²) in [5, 5.41) is 4.35. The van der Waals surface area contributed by atoms with Gasteiger partial charge in [-0.25, -0.2) is 4.68 Å². The van der Waals surface area contributed by atoms with Gasteiger partial charge in [0.25, 0.3) is 5.91 Å². The number of amides is 1. The van der Waals surface area contributed by atoms with Crippen LogP contribution in [0.4, 0.5) is 13.2 Å². The van der Waals surface area contributed by atoms with Crippen molar-refractivity contribution >= 4 is 5.91 Å². The lowest BCUT2D eigenvalue weighted by molar-refractivity contribution is -0.137. The lowest BCUT2D eigenvalue weighted by atomic mass is 10.1. The van der Waals surface area contributed by atoms with Crippen LogP contribution in [0.1, 0.15) is 32.7 Å². The minimum absolute atomic E-state index is 0.163. The zero-order valence-corrected chi connectivity index (χ0v) is 19.2. The number of benzene rings is 2. The highest BCUT2D eigenvalue weighted by atomic mass is 19.4. The van der Waals surface area contributed by atoms with E-state index in [1.54, 1.807) is 27.9 Å². The summed E-state index contributed by atoms with van der Waals surface area (Å²) in [5.74, 6) is 0.606. The van der Waals surface area contributed by atoms with E-state index in [4.69, 9.17) is 4.74 Å². The number of alkyl halides is 3. The van der Waals surface area contributed by atoms with Crippen molar-refractivity contribution < 1.29 is 22.7 Å². The van der Waals surface area contributed by atoms with E-state index in [-0.39, 0.29) is 12.6 Å². The molecule has 1 amide bonds. The van der Waals surface area contributed by atoms with Crippen molar-refractivity contribution in [2.75, 3.05) is 26.2 Å². The van der Waals surface area contributed by atoms with Crippen molar-refractivity contribution in [1.29, 1.82) is 0 Å². The molecule has 1 saturated heterocycles. The summed E-state index contributed by atoms with van der Waals surface area (Å²) in [7, 11) is 0. The Bertz CT molecular complexity index is 1150. The standard InChI is InChI=1S/C25H27F3N4O2/c1-18-6-7-23(19(2)14-18)34-17-32-9-8-22(29-32)24(33)31-12-10-30(11-13-31)16-20-4-3-5-21(15-20)25(26,27)28/h3-9,14-15H,10-13,16-17H2,1-2H3. The third kappa shape index (κ3) is 5.77. The maximum Gasteiger partial charge on any atom is 0.416 e. The quantitative estimate of drug-likeness (QED) is 0.530. The number of aromatic nitrogens is 2. The number of rotatable bonds is 6. The first-order chi connectivity index (χ1) is 16.2. The van der Waals surface area contributed by atoms with Crippen LogP contribution in [0, 0.1) is 13.8 Å². The van der Waals surface area contributed by atoms with Gasteiger partial charge in [0.05, 0.1) is 5.56 Å². The summed E-state index contributed by atoms with van der Waals surface area (Å²) in [6.07, 6.45) is -2.64. The molecule has 1 fully saturated rings. The van der Waals surface area contributed by atoms with Crippen molar-refractivity contribution in [2.45, 2.75) is 33.3 Å². The fraction of sp³-hybridized carbons (Fsp3) is 0.360. The smallest absolute Gasteiger partial charge is 0.416 e. The summed E-state index contributed by atoms with van der Waals surface area (Å²) in [6, 6.07) is 13.0. The van der Waals surface area contributed by atoms with Gasteiger partial charge in [0.1, 0.15) is 5.75 Å². The van der Waals surface area contributed by atoms with E-state index in [1.165, 1.54) is 12.1 Å². The van der Waals surface area contributed by atoms with Crippen molar-refractivity contribution in [3.05, 3.63) is 82.7 Å². The Balaban J connectivity index is 1.29. The number of hydrogen-bond donors (Lipinski definition) is 0. The third-order valence-corrected chi connectivity index (χ3v) is 5.86. The van der Waals surface area contributed by atoms with Gasteiger partial charge in [-0.05, 0) is 43.2 Å². The number of ether oxygens (including phenoxy) is 1. The molecule has 9 heteroatoms. The second-order valence-corrected chi connectivity index (χ2v) is 8.55. The van der Waals surface area contributed by atoms with Crippen LogP contribution in [0.2, 0.25) is 0 Å². The van der Waals surface area contributed by atoms with Crippen molar-refractivity contribution in [2.24, 2.45) is 0 Å². The topological polar surface area (TPSA) is 50.6 Å². The minimum Gasteiger partial charge on any atom is -0.471 e. The zero-order valence-electron chi connectivity index (χ0n) is 19.2. The second kappa shape index (κ2) is 9.89. The van der Waals surface area contributed by atoms with Crippen molar-refractivity contribution in [1.82, 2.24) is 19.6 Å². The van der Waals surface area contributed by atoms with Gasteiger partial charge >= 0.3 is 6.18 Å². The van der Waals surface area contributed by atoms with Gasteiger partial charge in [0.2, 0.25) is 0 Å². The van der Waals surface area contributed by atoms with E-state index in [9.17, 15) is 18.0 Å². The van der Waals surface area contributed by atoms with Crippen molar-refractivity contribution in [3.8, 4) is 5.75 Å². The molecule has 0 spiro atoms. The van der Waals surface area contributed by atoms with Gasteiger partial charge in [-0.15, -0.1) is 0 Å². The summed E-state index contributed by atoms with van der Waals surface area (Å²) in [6.45, 7) is 6.75. The number of halogens is 3. The van der Waals surface area contributed by atoms with E-state index >= 15 is 0 Å². The molecule has 2 aromatic carbocycles. The van der Waals surface area contributed by atoms with Crippen LogP contribution in [0.15, 0.2) is 54.7 Å². The number of piperazine rings is 1. The predicted molar refractivity (Wildman–Crippen MR) is 121 cm³/mol. The molecule has 0 unspecified atom stereocenters. The molecule has 1 aromatic heterocycles. The van der Waals surface area contributed by atoms with E-state index in [1.807, 2.05) is 32.0 Å². The molecule has 6 nitrogen and oxygen atoms in total. The summed E-state index contributed by atoms with van der Waals surface area (Å²) in [4.78, 5) is 16.6. The summed E-state index contributed by atoms with van der Waals surface area (Å²) >= 11 is 0. The number of hydrogen-bond acceptors (Lipinski definition) is 4. The van der Waals surface area contributed by atoms with Gasteiger partial charge in [0.15, 0.2) is 12.4 Å². The van der Waals surface area contributed by atoms with Crippen LogP contribution in [0.5, 0.6) is 5.75 Å². The van der Waals surface area contributed by atoms with Gasteiger partial charge in [0, 0.05) is 38.9 Å². The van der Waals surface area contributed by atoms with Crippen LogP contribution in [-0.2, 0) is 19.5 Å². The van der Waals surface area contributed by atoms with Gasteiger partial charge in [-0.1, -0.05) is 35.9 Å². The first-order valence-electron chi connectivity index (χ1n) is 11.1. The molecule has 34 heavy (non-hydrogen) atoms. The average Bonchev–Trinajstić information content (AvgIpc) is 3.27. The van der Waals surface area contributed by atoms with Crippen LogP contribution in [0.25, 0.3) is 0 Å². The van der Waals surface area contributed by atoms with Gasteiger partial charge in [-0.2, -0.15) is 18.3 Å². The first-order valence-corrected chi connectivity index (χ1v) is 11.1. The number of carbonyl (C=O) groups is 1.